The number of nitrogens with one attached hydrogen (secondary N) is 1. The minimum Gasteiger partial charge on any atom is -0.320 e. The molecule has 3 fully saturated rings. The molecule has 3 aromatic heterocycles. The van der Waals surface area contributed by atoms with Gasteiger partial charge in [0.25, 0.3) is 0 Å². The van der Waals surface area contributed by atoms with Gasteiger partial charge in [-0.2, -0.15) is 5.26 Å². The molecule has 0 saturated heterocycles. The molecule has 6 rings (SSSR count). The van der Waals surface area contributed by atoms with Crippen LogP contribution < -0.4 is 4.72 Å². The van der Waals surface area contributed by atoms with Crippen LogP contribution in [0.2, 0.25) is 0 Å². The number of pyridine rings is 2. The van der Waals surface area contributed by atoms with E-state index in [0.717, 1.165) is 54.2 Å². The lowest BCUT2D eigenvalue weighted by Gasteiger charge is -2.18. The molecule has 0 amide bonds. The molecule has 7 nitrogen and oxygen atoms in total. The number of hydrogen-bond acceptors (Lipinski definition) is 5. The van der Waals surface area contributed by atoms with Crippen LogP contribution >= 0.6 is 0 Å². The molecule has 0 bridgehead atoms. The van der Waals surface area contributed by atoms with Crippen molar-refractivity contribution in [2.45, 2.75) is 68.3 Å². The zero-order valence-electron chi connectivity index (χ0n) is 18.7. The van der Waals surface area contributed by atoms with Crippen molar-refractivity contribution in [1.29, 1.82) is 5.26 Å². The van der Waals surface area contributed by atoms with Crippen molar-refractivity contribution in [1.82, 2.24) is 19.3 Å². The summed E-state index contributed by atoms with van der Waals surface area (Å²) >= 11 is 0. The summed E-state index contributed by atoms with van der Waals surface area (Å²) in [6.07, 6.45) is 10.9. The number of sulfonamides is 1. The van der Waals surface area contributed by atoms with E-state index in [2.05, 4.69) is 25.3 Å². The van der Waals surface area contributed by atoms with E-state index in [4.69, 9.17) is 0 Å². The van der Waals surface area contributed by atoms with Crippen LogP contribution in [-0.4, -0.2) is 28.5 Å². The van der Waals surface area contributed by atoms with E-state index >= 15 is 0 Å². The molecular weight excluding hydrogens is 434 g/mol. The van der Waals surface area contributed by atoms with Crippen molar-refractivity contribution in [2.24, 2.45) is 11.8 Å². The highest BCUT2D eigenvalue weighted by molar-refractivity contribution is 7.89. The second kappa shape index (κ2) is 7.37. The van der Waals surface area contributed by atoms with Crippen LogP contribution in [0.25, 0.3) is 22.4 Å². The summed E-state index contributed by atoms with van der Waals surface area (Å²) in [6.45, 7) is 1.91. The van der Waals surface area contributed by atoms with Gasteiger partial charge >= 0.3 is 0 Å². The van der Waals surface area contributed by atoms with E-state index in [1.165, 1.54) is 25.5 Å². The summed E-state index contributed by atoms with van der Waals surface area (Å²) in [5, 5.41) is 10.9. The topological polar surface area (TPSA) is 101 Å². The Morgan fingerprint density at radius 2 is 1.91 bits per heavy atom. The lowest BCUT2D eigenvalue weighted by atomic mass is 10.0. The zero-order valence-corrected chi connectivity index (χ0v) is 19.5. The van der Waals surface area contributed by atoms with E-state index in [1.54, 1.807) is 18.3 Å². The maximum Gasteiger partial charge on any atom is 0.242 e. The lowest BCUT2D eigenvalue weighted by Crippen LogP contribution is -2.34. The van der Waals surface area contributed by atoms with E-state index in [-0.39, 0.29) is 16.5 Å². The van der Waals surface area contributed by atoms with Crippen molar-refractivity contribution in [3.8, 4) is 17.5 Å². The van der Waals surface area contributed by atoms with E-state index in [9.17, 15) is 13.7 Å². The fourth-order valence-electron chi connectivity index (χ4n) is 5.43. The van der Waals surface area contributed by atoms with Crippen LogP contribution in [0.4, 0.5) is 0 Å². The second-order valence-corrected chi connectivity index (χ2v) is 11.9. The fraction of sp³-hybridized carbons (Fsp3) is 0.480. The third-order valence-electron chi connectivity index (χ3n) is 7.64. The van der Waals surface area contributed by atoms with E-state index in [0.29, 0.717) is 11.3 Å². The highest BCUT2D eigenvalue weighted by Crippen LogP contribution is 2.50. The first-order valence-corrected chi connectivity index (χ1v) is 13.3. The van der Waals surface area contributed by atoms with Crippen molar-refractivity contribution in [3.63, 3.8) is 0 Å². The number of hydrogen-bond donors (Lipinski definition) is 1. The average Bonchev–Trinajstić information content (AvgIpc) is 3.70. The maximum atomic E-state index is 12.8. The third kappa shape index (κ3) is 3.64. The Balaban J connectivity index is 1.43. The molecule has 3 aliphatic carbocycles. The highest BCUT2D eigenvalue weighted by Gasteiger charge is 2.41. The van der Waals surface area contributed by atoms with Gasteiger partial charge in [0.2, 0.25) is 10.0 Å². The summed E-state index contributed by atoms with van der Waals surface area (Å²) < 4.78 is 30.5. The Morgan fingerprint density at radius 1 is 1.12 bits per heavy atom. The molecule has 3 heterocycles. The Hall–Kier alpha value is -2.76. The molecular formula is C25H27N5O2S. The predicted molar refractivity (Wildman–Crippen MR) is 125 cm³/mol. The minimum atomic E-state index is -3.63. The monoisotopic (exact) mass is 461 g/mol. The summed E-state index contributed by atoms with van der Waals surface area (Å²) in [5.74, 6) is 1.59. The van der Waals surface area contributed by atoms with Crippen LogP contribution in [0.15, 0.2) is 41.6 Å². The average molecular weight is 462 g/mol. The summed E-state index contributed by atoms with van der Waals surface area (Å²) in [5.41, 5.74) is 2.38. The maximum absolute atomic E-state index is 12.8. The van der Waals surface area contributed by atoms with Gasteiger partial charge in [-0.1, -0.05) is 0 Å². The van der Waals surface area contributed by atoms with Gasteiger partial charge in [0.15, 0.2) is 0 Å². The van der Waals surface area contributed by atoms with Crippen molar-refractivity contribution in [3.05, 3.63) is 42.2 Å². The van der Waals surface area contributed by atoms with Crippen LogP contribution in [0, 0.1) is 23.2 Å². The molecule has 33 heavy (non-hydrogen) atoms. The van der Waals surface area contributed by atoms with E-state index in [1.807, 2.05) is 19.1 Å². The first-order valence-electron chi connectivity index (χ1n) is 11.8. The molecule has 2 unspecified atom stereocenters. The Morgan fingerprint density at radius 3 is 2.58 bits per heavy atom. The molecule has 3 aliphatic rings. The van der Waals surface area contributed by atoms with Gasteiger partial charge in [0, 0.05) is 29.4 Å². The summed E-state index contributed by atoms with van der Waals surface area (Å²) in [7, 11) is -3.63. The molecule has 0 aliphatic heterocycles. The number of rotatable bonds is 6. The first kappa shape index (κ1) is 20.8. The molecule has 3 saturated carbocycles. The van der Waals surface area contributed by atoms with Gasteiger partial charge in [0.05, 0.1) is 17.0 Å². The summed E-state index contributed by atoms with van der Waals surface area (Å²) in [6, 6.07) is 9.76. The quantitative estimate of drug-likeness (QED) is 0.580. The first-order chi connectivity index (χ1) is 15.9. The van der Waals surface area contributed by atoms with Crippen LogP contribution in [0.5, 0.6) is 0 Å². The number of nitriles is 1. The van der Waals surface area contributed by atoms with Crippen LogP contribution in [-0.2, 0) is 10.0 Å². The van der Waals surface area contributed by atoms with Crippen molar-refractivity contribution >= 4 is 21.1 Å². The molecule has 0 spiro atoms. The minimum absolute atomic E-state index is 0.147. The molecule has 2 atom stereocenters. The van der Waals surface area contributed by atoms with Crippen molar-refractivity contribution < 1.29 is 8.42 Å². The Labute approximate surface area is 193 Å². The van der Waals surface area contributed by atoms with Gasteiger partial charge < -0.3 is 4.57 Å². The van der Waals surface area contributed by atoms with Crippen LogP contribution in [0.3, 0.4) is 0 Å². The lowest BCUT2D eigenvalue weighted by molar-refractivity contribution is 0.445. The van der Waals surface area contributed by atoms with Gasteiger partial charge in [0.1, 0.15) is 16.6 Å². The molecule has 0 aromatic carbocycles. The molecule has 3 aromatic rings. The van der Waals surface area contributed by atoms with Crippen LogP contribution in [0.1, 0.15) is 63.5 Å². The third-order valence-corrected chi connectivity index (χ3v) is 9.27. The summed E-state index contributed by atoms with van der Waals surface area (Å²) in [4.78, 5) is 9.34. The van der Waals surface area contributed by atoms with Gasteiger partial charge in [-0.25, -0.2) is 18.1 Å². The number of fused-ring (bicyclic) bond motifs is 1. The van der Waals surface area contributed by atoms with E-state index < -0.39 is 10.0 Å². The van der Waals surface area contributed by atoms with Crippen molar-refractivity contribution in [2.75, 3.05) is 0 Å². The Kier molecular flexibility index (Phi) is 4.65. The number of aromatic nitrogens is 3. The normalized spacial score (nSPS) is 24.1. The smallest absolute Gasteiger partial charge is 0.242 e. The standard InChI is InChI=1S/C25H27N5O2S/c1-25(10-11-25)29-33(31,32)19-8-9-22(28-15-19)23-21(14-26)20-3-2-12-27-24(20)30(23)18-7-6-17(13-18)16-4-5-16/h2-3,8-9,12,15-18,29H,4-7,10-11,13H2,1H3. The molecule has 1 N–H and O–H groups in total. The zero-order chi connectivity index (χ0) is 22.8. The molecule has 8 heteroatoms. The SMILES string of the molecule is CC1(NS(=O)(=O)c2ccc(-c3c(C#N)c4cccnc4n3C3CCC(C4CC4)C3)nc2)CC1. The molecule has 0 radical (unpaired) electrons. The Bertz CT molecular complexity index is 1380. The number of nitrogens with zero attached hydrogens (tertiary/aromatic N) is 4. The second-order valence-electron chi connectivity index (χ2n) is 10.2. The largest absolute Gasteiger partial charge is 0.320 e. The predicted octanol–water partition coefficient (Wildman–Crippen LogP) is 4.55. The van der Waals surface area contributed by atoms with Gasteiger partial charge in [-0.3, -0.25) is 4.98 Å². The highest BCUT2D eigenvalue weighted by atomic mass is 32.2. The molecule has 170 valence electrons. The fourth-order valence-corrected chi connectivity index (χ4v) is 6.84. The van der Waals surface area contributed by atoms with Gasteiger partial charge in [-0.05, 0) is 88.0 Å². The van der Waals surface area contributed by atoms with Gasteiger partial charge in [-0.15, -0.1) is 0 Å².